The van der Waals surface area contributed by atoms with E-state index >= 15 is 0 Å². The molecule has 142 valence electrons. The molecular weight excluding hydrogens is 374 g/mol. The van der Waals surface area contributed by atoms with Crippen molar-refractivity contribution in [3.8, 4) is 17.0 Å². The van der Waals surface area contributed by atoms with Crippen LogP contribution in [0.4, 0.5) is 0 Å². The number of aromatic nitrogens is 2. The van der Waals surface area contributed by atoms with Gasteiger partial charge in [0.05, 0.1) is 12.8 Å². The first-order chi connectivity index (χ1) is 13.6. The normalized spacial score (nSPS) is 13.6. The lowest BCUT2D eigenvalue weighted by Crippen LogP contribution is -2.34. The number of halogens is 1. The number of methoxy groups -OCH3 is 1. The van der Waals surface area contributed by atoms with Crippen molar-refractivity contribution in [2.24, 2.45) is 0 Å². The molecule has 28 heavy (non-hydrogen) atoms. The summed E-state index contributed by atoms with van der Waals surface area (Å²) < 4.78 is 5.15. The van der Waals surface area contributed by atoms with E-state index in [9.17, 15) is 4.79 Å². The third-order valence-corrected chi connectivity index (χ3v) is 5.11. The third-order valence-electron chi connectivity index (χ3n) is 4.88. The second kappa shape index (κ2) is 7.90. The number of fused-ring (bicyclic) bond motifs is 1. The average Bonchev–Trinajstić information content (AvgIpc) is 3.15. The molecule has 1 amide bonds. The summed E-state index contributed by atoms with van der Waals surface area (Å²) in [6, 6.07) is 15.2. The van der Waals surface area contributed by atoms with Crippen molar-refractivity contribution in [3.63, 3.8) is 0 Å². The number of benzene rings is 2. The first-order valence-corrected chi connectivity index (χ1v) is 9.45. The maximum Gasteiger partial charge on any atom is 0.246 e. The van der Waals surface area contributed by atoms with Gasteiger partial charge in [0.25, 0.3) is 0 Å². The van der Waals surface area contributed by atoms with Crippen LogP contribution in [0.2, 0.25) is 5.02 Å². The minimum absolute atomic E-state index is 0.0142. The molecule has 0 bridgehead atoms. The van der Waals surface area contributed by atoms with Crippen LogP contribution >= 0.6 is 11.6 Å². The number of H-pyrrole nitrogens is 1. The summed E-state index contributed by atoms with van der Waals surface area (Å²) in [5.74, 6) is 0.778. The van der Waals surface area contributed by atoms with Crippen molar-refractivity contribution in [2.75, 3.05) is 13.7 Å². The van der Waals surface area contributed by atoms with E-state index in [0.29, 0.717) is 18.1 Å². The Hall–Kier alpha value is -3.05. The van der Waals surface area contributed by atoms with E-state index in [4.69, 9.17) is 16.3 Å². The van der Waals surface area contributed by atoms with Gasteiger partial charge in [0, 0.05) is 47.4 Å². The number of carbonyl (C=O) groups excluding carboxylic acids is 1. The fourth-order valence-electron chi connectivity index (χ4n) is 3.35. The van der Waals surface area contributed by atoms with Crippen LogP contribution in [0, 0.1) is 0 Å². The fraction of sp³-hybridized carbons (Fsp3) is 0.182. The highest BCUT2D eigenvalue weighted by atomic mass is 35.5. The van der Waals surface area contributed by atoms with Crippen LogP contribution in [0.1, 0.15) is 16.8 Å². The molecule has 0 atom stereocenters. The Morgan fingerprint density at radius 3 is 2.82 bits per heavy atom. The van der Waals surface area contributed by atoms with Gasteiger partial charge in [0.2, 0.25) is 5.91 Å². The molecule has 1 aliphatic heterocycles. The quantitative estimate of drug-likeness (QED) is 0.671. The molecule has 3 aromatic rings. The predicted molar refractivity (Wildman–Crippen MR) is 110 cm³/mol. The van der Waals surface area contributed by atoms with Crippen LogP contribution in [0.3, 0.4) is 0 Å². The summed E-state index contributed by atoms with van der Waals surface area (Å²) in [5, 5.41) is 8.24. The van der Waals surface area contributed by atoms with Gasteiger partial charge in [-0.3, -0.25) is 9.89 Å². The Kier molecular flexibility index (Phi) is 5.17. The molecule has 1 N–H and O–H groups in total. The van der Waals surface area contributed by atoms with E-state index in [1.807, 2.05) is 59.5 Å². The molecular formula is C22H20ClN3O2. The summed E-state index contributed by atoms with van der Waals surface area (Å²) in [4.78, 5) is 14.5. The molecule has 2 aromatic carbocycles. The highest BCUT2D eigenvalue weighted by Crippen LogP contribution is 2.29. The van der Waals surface area contributed by atoms with Crippen LogP contribution < -0.4 is 4.74 Å². The molecule has 1 aromatic heterocycles. The van der Waals surface area contributed by atoms with Crippen molar-refractivity contribution >= 4 is 23.6 Å². The maximum atomic E-state index is 12.7. The number of carbonyl (C=O) groups is 1. The van der Waals surface area contributed by atoms with Crippen LogP contribution in [-0.4, -0.2) is 34.7 Å². The zero-order valence-corrected chi connectivity index (χ0v) is 16.2. The monoisotopic (exact) mass is 393 g/mol. The highest BCUT2D eigenvalue weighted by molar-refractivity contribution is 6.30. The second-order valence-corrected chi connectivity index (χ2v) is 7.09. The average molecular weight is 394 g/mol. The summed E-state index contributed by atoms with van der Waals surface area (Å²) in [6.45, 7) is 1.19. The minimum Gasteiger partial charge on any atom is -0.497 e. The van der Waals surface area contributed by atoms with E-state index < -0.39 is 0 Å². The molecule has 0 saturated heterocycles. The number of aromatic amines is 1. The third kappa shape index (κ3) is 3.80. The summed E-state index contributed by atoms with van der Waals surface area (Å²) in [7, 11) is 1.63. The Balaban J connectivity index is 1.51. The number of hydrogen-bond acceptors (Lipinski definition) is 3. The number of nitrogens with zero attached hydrogens (tertiary/aromatic N) is 2. The van der Waals surface area contributed by atoms with E-state index in [1.54, 1.807) is 13.2 Å². The first-order valence-electron chi connectivity index (χ1n) is 9.07. The van der Waals surface area contributed by atoms with Crippen molar-refractivity contribution in [1.82, 2.24) is 15.1 Å². The Morgan fingerprint density at radius 1 is 1.25 bits per heavy atom. The second-order valence-electron chi connectivity index (χ2n) is 6.66. The van der Waals surface area contributed by atoms with Crippen molar-refractivity contribution in [1.29, 1.82) is 0 Å². The van der Waals surface area contributed by atoms with Gasteiger partial charge in [-0.1, -0.05) is 35.9 Å². The molecule has 6 heteroatoms. The molecule has 0 fully saturated rings. The van der Waals surface area contributed by atoms with E-state index in [1.165, 1.54) is 0 Å². The molecule has 0 unspecified atom stereocenters. The highest BCUT2D eigenvalue weighted by Gasteiger charge is 2.24. The minimum atomic E-state index is -0.0142. The van der Waals surface area contributed by atoms with E-state index in [-0.39, 0.29) is 5.91 Å². The summed E-state index contributed by atoms with van der Waals surface area (Å²) >= 11 is 6.12. The van der Waals surface area contributed by atoms with Crippen molar-refractivity contribution in [2.45, 2.75) is 13.0 Å². The van der Waals surface area contributed by atoms with Gasteiger partial charge >= 0.3 is 0 Å². The SMILES string of the molecule is COc1ccc(/C=C/C(=O)N2CCc3[nH]nc(-c4cccc(Cl)c4)c3C2)cc1. The molecule has 0 saturated carbocycles. The van der Waals surface area contributed by atoms with Crippen molar-refractivity contribution < 1.29 is 9.53 Å². The lowest BCUT2D eigenvalue weighted by Gasteiger charge is -2.26. The van der Waals surface area contributed by atoms with Gasteiger partial charge in [0.1, 0.15) is 5.75 Å². The summed E-state index contributed by atoms with van der Waals surface area (Å²) in [5.41, 5.74) is 4.90. The molecule has 0 spiro atoms. The smallest absolute Gasteiger partial charge is 0.246 e. The lowest BCUT2D eigenvalue weighted by molar-refractivity contribution is -0.126. The molecule has 1 aliphatic rings. The van der Waals surface area contributed by atoms with Gasteiger partial charge in [-0.15, -0.1) is 0 Å². The van der Waals surface area contributed by atoms with Crippen LogP contribution in [0.15, 0.2) is 54.6 Å². The van der Waals surface area contributed by atoms with Gasteiger partial charge in [-0.2, -0.15) is 5.10 Å². The van der Waals surface area contributed by atoms with Gasteiger partial charge in [0.15, 0.2) is 0 Å². The maximum absolute atomic E-state index is 12.7. The Bertz CT molecular complexity index is 1020. The van der Waals surface area contributed by atoms with Crippen LogP contribution in [0.5, 0.6) is 5.75 Å². The van der Waals surface area contributed by atoms with Crippen LogP contribution in [-0.2, 0) is 17.8 Å². The predicted octanol–water partition coefficient (Wildman–Crippen LogP) is 4.34. The molecule has 4 rings (SSSR count). The van der Waals surface area contributed by atoms with E-state index in [2.05, 4.69) is 10.2 Å². The van der Waals surface area contributed by atoms with E-state index in [0.717, 1.165) is 40.2 Å². The standard InChI is InChI=1S/C22H20ClN3O2/c1-28-18-8-5-15(6-9-18)7-10-21(27)26-12-11-20-19(14-26)22(25-24-20)16-3-2-4-17(23)13-16/h2-10,13H,11-12,14H2,1H3,(H,24,25)/b10-7+. The van der Waals surface area contributed by atoms with Gasteiger partial charge < -0.3 is 9.64 Å². The van der Waals surface area contributed by atoms with Gasteiger partial charge in [-0.25, -0.2) is 0 Å². The first kappa shape index (κ1) is 18.3. The van der Waals surface area contributed by atoms with Gasteiger partial charge in [-0.05, 0) is 35.9 Å². The number of rotatable bonds is 4. The number of nitrogens with one attached hydrogen (secondary N) is 1. The number of ether oxygens (including phenoxy) is 1. The van der Waals surface area contributed by atoms with Crippen molar-refractivity contribution in [3.05, 3.63) is 76.5 Å². The van der Waals surface area contributed by atoms with Crippen LogP contribution in [0.25, 0.3) is 17.3 Å². The molecule has 0 radical (unpaired) electrons. The summed E-state index contributed by atoms with van der Waals surface area (Å²) in [6.07, 6.45) is 4.20. The zero-order chi connectivity index (χ0) is 19.5. The fourth-order valence-corrected chi connectivity index (χ4v) is 3.54. The number of hydrogen-bond donors (Lipinski definition) is 1. The molecule has 0 aliphatic carbocycles. The lowest BCUT2D eigenvalue weighted by atomic mass is 10.0. The molecule has 5 nitrogen and oxygen atoms in total. The largest absolute Gasteiger partial charge is 0.497 e. The zero-order valence-electron chi connectivity index (χ0n) is 15.5. The number of amides is 1. The Morgan fingerprint density at radius 2 is 2.07 bits per heavy atom. The Labute approximate surface area is 168 Å². The topological polar surface area (TPSA) is 58.2 Å². The molecule has 2 heterocycles.